The zero-order valence-electron chi connectivity index (χ0n) is 5.07. The van der Waals surface area contributed by atoms with Crippen molar-refractivity contribution in [2.45, 2.75) is 0 Å². The van der Waals surface area contributed by atoms with Gasteiger partial charge in [-0.3, -0.25) is 10.0 Å². The SMILES string of the molecule is C1=CN2C=CCN2C=C1. The fraction of sp³-hybridized carbons (Fsp3) is 0.143. The zero-order chi connectivity index (χ0) is 6.10. The monoisotopic (exact) mass is 120 g/mol. The van der Waals surface area contributed by atoms with Crippen LogP contribution in [0.5, 0.6) is 0 Å². The molecule has 2 nitrogen and oxygen atoms in total. The largest absolute Gasteiger partial charge is 0.285 e. The first kappa shape index (κ1) is 4.68. The van der Waals surface area contributed by atoms with Crippen molar-refractivity contribution in [3.8, 4) is 0 Å². The van der Waals surface area contributed by atoms with Crippen LogP contribution in [0.15, 0.2) is 36.8 Å². The summed E-state index contributed by atoms with van der Waals surface area (Å²) >= 11 is 0. The molecule has 46 valence electrons. The van der Waals surface area contributed by atoms with Gasteiger partial charge < -0.3 is 0 Å². The van der Waals surface area contributed by atoms with E-state index in [0.717, 1.165) is 6.54 Å². The number of nitrogens with zero attached hydrogens (tertiary/aromatic N) is 2. The quantitative estimate of drug-likeness (QED) is 0.472. The lowest BCUT2D eigenvalue weighted by Crippen LogP contribution is -2.26. The highest BCUT2D eigenvalue weighted by Crippen LogP contribution is 2.11. The van der Waals surface area contributed by atoms with Crippen LogP contribution >= 0.6 is 0 Å². The van der Waals surface area contributed by atoms with Gasteiger partial charge in [-0.05, 0) is 18.2 Å². The Morgan fingerprint density at radius 3 is 2.78 bits per heavy atom. The fourth-order valence-corrected chi connectivity index (χ4v) is 1.00. The van der Waals surface area contributed by atoms with E-state index in [9.17, 15) is 0 Å². The highest BCUT2D eigenvalue weighted by atomic mass is 15.6. The van der Waals surface area contributed by atoms with Gasteiger partial charge in [0.1, 0.15) is 0 Å². The summed E-state index contributed by atoms with van der Waals surface area (Å²) in [5.74, 6) is 0. The third-order valence-corrected chi connectivity index (χ3v) is 1.46. The van der Waals surface area contributed by atoms with Crippen LogP contribution in [0.3, 0.4) is 0 Å². The molecule has 2 heterocycles. The number of fused-ring (bicyclic) bond motifs is 1. The van der Waals surface area contributed by atoms with Gasteiger partial charge in [0.25, 0.3) is 0 Å². The van der Waals surface area contributed by atoms with Crippen LogP contribution in [0.25, 0.3) is 0 Å². The van der Waals surface area contributed by atoms with Crippen molar-refractivity contribution in [1.29, 1.82) is 0 Å². The van der Waals surface area contributed by atoms with Crippen LogP contribution in [0.1, 0.15) is 0 Å². The zero-order valence-corrected chi connectivity index (χ0v) is 5.07. The van der Waals surface area contributed by atoms with Gasteiger partial charge in [0.15, 0.2) is 0 Å². The van der Waals surface area contributed by atoms with Crippen molar-refractivity contribution in [3.05, 3.63) is 36.8 Å². The lowest BCUT2D eigenvalue weighted by atomic mass is 10.5. The molecule has 0 saturated heterocycles. The Morgan fingerprint density at radius 2 is 1.89 bits per heavy atom. The number of rotatable bonds is 0. The molecule has 0 bridgehead atoms. The highest BCUT2D eigenvalue weighted by molar-refractivity contribution is 5.12. The number of hydrazine groups is 1. The molecular weight excluding hydrogens is 112 g/mol. The first-order chi connectivity index (χ1) is 4.47. The number of hydrogen-bond acceptors (Lipinski definition) is 2. The average molecular weight is 120 g/mol. The molecular formula is C7H8N2. The molecule has 0 aromatic heterocycles. The molecule has 0 N–H and O–H groups in total. The molecule has 0 fully saturated rings. The highest BCUT2D eigenvalue weighted by Gasteiger charge is 2.09. The van der Waals surface area contributed by atoms with Crippen molar-refractivity contribution >= 4 is 0 Å². The molecule has 9 heavy (non-hydrogen) atoms. The van der Waals surface area contributed by atoms with E-state index < -0.39 is 0 Å². The van der Waals surface area contributed by atoms with E-state index in [1.807, 2.05) is 18.4 Å². The molecule has 2 aliphatic rings. The Hall–Kier alpha value is -1.18. The van der Waals surface area contributed by atoms with Crippen molar-refractivity contribution in [2.75, 3.05) is 6.54 Å². The van der Waals surface area contributed by atoms with Crippen LogP contribution in [0.4, 0.5) is 0 Å². The van der Waals surface area contributed by atoms with E-state index in [2.05, 4.69) is 28.5 Å². The van der Waals surface area contributed by atoms with Crippen molar-refractivity contribution in [3.63, 3.8) is 0 Å². The molecule has 0 aliphatic carbocycles. The second-order valence-electron chi connectivity index (χ2n) is 2.07. The maximum absolute atomic E-state index is 2.12. The van der Waals surface area contributed by atoms with Gasteiger partial charge >= 0.3 is 0 Å². The van der Waals surface area contributed by atoms with Crippen LogP contribution in [0.2, 0.25) is 0 Å². The van der Waals surface area contributed by atoms with Crippen LogP contribution in [-0.2, 0) is 0 Å². The minimum absolute atomic E-state index is 1.00. The topological polar surface area (TPSA) is 6.48 Å². The first-order valence-electron chi connectivity index (χ1n) is 3.03. The maximum atomic E-state index is 2.12. The van der Waals surface area contributed by atoms with Gasteiger partial charge in [0.05, 0.1) is 6.54 Å². The summed E-state index contributed by atoms with van der Waals surface area (Å²) in [7, 11) is 0. The standard InChI is InChI=1S/C7H8N2/c1-2-5-9-7-3-6-8(9)4-1/h1-6H,7H2. The predicted molar refractivity (Wildman–Crippen MR) is 36.0 cm³/mol. The summed E-state index contributed by atoms with van der Waals surface area (Å²) in [5, 5.41) is 4.18. The third kappa shape index (κ3) is 0.633. The molecule has 0 aromatic rings. The van der Waals surface area contributed by atoms with Gasteiger partial charge in [-0.15, -0.1) is 0 Å². The molecule has 0 spiro atoms. The summed E-state index contributed by atoms with van der Waals surface area (Å²) in [6.07, 6.45) is 12.3. The van der Waals surface area contributed by atoms with E-state index in [1.165, 1.54) is 0 Å². The van der Waals surface area contributed by atoms with Gasteiger partial charge in [-0.25, -0.2) is 0 Å². The lowest BCUT2D eigenvalue weighted by molar-refractivity contribution is 0.170. The van der Waals surface area contributed by atoms with Gasteiger partial charge in [0, 0.05) is 18.6 Å². The average Bonchev–Trinajstić information content (AvgIpc) is 2.33. The molecule has 2 heteroatoms. The van der Waals surface area contributed by atoms with Crippen molar-refractivity contribution in [2.24, 2.45) is 0 Å². The third-order valence-electron chi connectivity index (χ3n) is 1.46. The molecule has 2 aliphatic heterocycles. The summed E-state index contributed by atoms with van der Waals surface area (Å²) in [5.41, 5.74) is 0. The van der Waals surface area contributed by atoms with E-state index in [0.29, 0.717) is 0 Å². The van der Waals surface area contributed by atoms with E-state index in [1.54, 1.807) is 0 Å². The van der Waals surface area contributed by atoms with Crippen molar-refractivity contribution in [1.82, 2.24) is 10.0 Å². The van der Waals surface area contributed by atoms with Crippen molar-refractivity contribution < 1.29 is 0 Å². The lowest BCUT2D eigenvalue weighted by Gasteiger charge is -2.25. The van der Waals surface area contributed by atoms with Crippen LogP contribution < -0.4 is 0 Å². The number of allylic oxidation sites excluding steroid dienone is 2. The Morgan fingerprint density at radius 1 is 1.00 bits per heavy atom. The van der Waals surface area contributed by atoms with E-state index in [4.69, 9.17) is 0 Å². The van der Waals surface area contributed by atoms with Crippen LogP contribution in [-0.4, -0.2) is 16.6 Å². The van der Waals surface area contributed by atoms with E-state index in [-0.39, 0.29) is 0 Å². The Labute approximate surface area is 54.3 Å². The molecule has 2 rings (SSSR count). The summed E-state index contributed by atoms with van der Waals surface area (Å²) in [6.45, 7) is 1.00. The molecule has 0 atom stereocenters. The maximum Gasteiger partial charge on any atom is 0.0591 e. The Kier molecular flexibility index (Phi) is 0.859. The predicted octanol–water partition coefficient (Wildman–Crippen LogP) is 1.07. The minimum atomic E-state index is 1.00. The molecule has 0 aromatic carbocycles. The summed E-state index contributed by atoms with van der Waals surface area (Å²) < 4.78 is 0. The van der Waals surface area contributed by atoms with Gasteiger partial charge in [0.2, 0.25) is 0 Å². The Balaban J connectivity index is 2.25. The molecule has 0 amide bonds. The second-order valence-corrected chi connectivity index (χ2v) is 2.07. The van der Waals surface area contributed by atoms with E-state index >= 15 is 0 Å². The first-order valence-corrected chi connectivity index (χ1v) is 3.03. The second kappa shape index (κ2) is 1.65. The summed E-state index contributed by atoms with van der Waals surface area (Å²) in [4.78, 5) is 0. The smallest absolute Gasteiger partial charge is 0.0591 e. The van der Waals surface area contributed by atoms with Crippen LogP contribution in [0, 0.1) is 0 Å². The van der Waals surface area contributed by atoms with Gasteiger partial charge in [-0.2, -0.15) is 0 Å². The molecule has 0 unspecified atom stereocenters. The Bertz CT molecular complexity index is 191. The molecule has 0 radical (unpaired) electrons. The minimum Gasteiger partial charge on any atom is -0.285 e. The summed E-state index contributed by atoms with van der Waals surface area (Å²) in [6, 6.07) is 0. The fourth-order valence-electron chi connectivity index (χ4n) is 1.00. The molecule has 0 saturated carbocycles. The normalized spacial score (nSPS) is 21.3. The number of hydrogen-bond donors (Lipinski definition) is 0. The van der Waals surface area contributed by atoms with Gasteiger partial charge in [-0.1, -0.05) is 0 Å².